The molecule has 2 aromatic heterocycles. The van der Waals surface area contributed by atoms with Gasteiger partial charge in [-0.1, -0.05) is 18.0 Å². The van der Waals surface area contributed by atoms with Crippen molar-refractivity contribution in [1.29, 1.82) is 0 Å². The van der Waals surface area contributed by atoms with Crippen LogP contribution in [0.1, 0.15) is 33.1 Å². The Kier molecular flexibility index (Phi) is 6.61. The van der Waals surface area contributed by atoms with E-state index in [4.69, 9.17) is 21.3 Å². The Morgan fingerprint density at radius 3 is 2.77 bits per heavy atom. The average Bonchev–Trinajstić information content (AvgIpc) is 3.18. The number of ether oxygens (including phenoxy) is 1. The summed E-state index contributed by atoms with van der Waals surface area (Å²) in [5, 5.41) is 17.6. The zero-order valence-electron chi connectivity index (χ0n) is 17.3. The van der Waals surface area contributed by atoms with Crippen LogP contribution in [0.5, 0.6) is 11.5 Å². The largest absolute Gasteiger partial charge is 0.507 e. The van der Waals surface area contributed by atoms with Crippen LogP contribution in [0.15, 0.2) is 23.6 Å². The highest BCUT2D eigenvalue weighted by atomic mass is 35.5. The van der Waals surface area contributed by atoms with Crippen LogP contribution in [-0.2, 0) is 0 Å². The number of nitrogens with zero attached hydrogens (tertiary/aromatic N) is 3. The molecule has 0 bridgehead atoms. The standard InChI is InChI=1S/C22H27ClN4O2S/c1-14(2)24-22-26-17(13-30-22)16-12-18(28)15-6-7-19(20(23)21(15)25-16)29-11-10-27-8-4-3-5-9-27/h6-7,12-14H,3-5,8-11H2,1-2H3,(H,24,26)(H,25,28). The molecule has 0 aliphatic carbocycles. The molecule has 0 unspecified atom stereocenters. The number of hydrogen-bond acceptors (Lipinski definition) is 7. The van der Waals surface area contributed by atoms with Gasteiger partial charge in [0.15, 0.2) is 5.13 Å². The number of aromatic nitrogens is 2. The van der Waals surface area contributed by atoms with Crippen LogP contribution in [0.4, 0.5) is 5.13 Å². The van der Waals surface area contributed by atoms with Crippen LogP contribution in [-0.4, -0.2) is 52.3 Å². The highest BCUT2D eigenvalue weighted by Gasteiger charge is 2.16. The SMILES string of the molecule is CC(C)Nc1nc(-c2cc(O)c3ccc(OCCN4CCCCC4)c(Cl)c3n2)cs1. The molecule has 3 aromatic rings. The van der Waals surface area contributed by atoms with Gasteiger partial charge >= 0.3 is 0 Å². The van der Waals surface area contributed by atoms with Gasteiger partial charge in [0, 0.05) is 29.4 Å². The van der Waals surface area contributed by atoms with Gasteiger partial charge in [-0.3, -0.25) is 4.90 Å². The maximum Gasteiger partial charge on any atom is 0.183 e. The maximum absolute atomic E-state index is 10.5. The lowest BCUT2D eigenvalue weighted by Crippen LogP contribution is -2.33. The minimum Gasteiger partial charge on any atom is -0.507 e. The predicted octanol–water partition coefficient (Wildman–Crippen LogP) is 5.40. The van der Waals surface area contributed by atoms with Crippen LogP contribution >= 0.6 is 22.9 Å². The fourth-order valence-corrected chi connectivity index (χ4v) is 4.75. The van der Waals surface area contributed by atoms with E-state index in [0.717, 1.165) is 24.8 Å². The first kappa shape index (κ1) is 21.2. The van der Waals surface area contributed by atoms with Gasteiger partial charge in [-0.05, 0) is 51.9 Å². The number of piperidine rings is 1. The van der Waals surface area contributed by atoms with Gasteiger partial charge in [-0.15, -0.1) is 11.3 Å². The lowest BCUT2D eigenvalue weighted by molar-refractivity contribution is 0.183. The van der Waals surface area contributed by atoms with Gasteiger partial charge in [-0.2, -0.15) is 0 Å². The summed E-state index contributed by atoms with van der Waals surface area (Å²) < 4.78 is 5.96. The molecule has 1 fully saturated rings. The molecule has 2 N–H and O–H groups in total. The minimum absolute atomic E-state index is 0.128. The van der Waals surface area contributed by atoms with Crippen molar-refractivity contribution in [2.24, 2.45) is 0 Å². The van der Waals surface area contributed by atoms with E-state index in [9.17, 15) is 5.11 Å². The first-order valence-electron chi connectivity index (χ1n) is 10.4. The number of rotatable bonds is 7. The summed E-state index contributed by atoms with van der Waals surface area (Å²) >= 11 is 8.14. The third kappa shape index (κ3) is 4.79. The Morgan fingerprint density at radius 1 is 1.20 bits per heavy atom. The minimum atomic E-state index is 0.128. The number of likely N-dealkylation sites (tertiary alicyclic amines) is 1. The molecule has 0 amide bonds. The number of pyridine rings is 1. The molecule has 1 aliphatic rings. The molecule has 6 nitrogen and oxygen atoms in total. The fourth-order valence-electron chi connectivity index (χ4n) is 3.64. The second-order valence-electron chi connectivity index (χ2n) is 7.89. The lowest BCUT2D eigenvalue weighted by atomic mass is 10.1. The quantitative estimate of drug-likeness (QED) is 0.506. The van der Waals surface area contributed by atoms with Crippen molar-refractivity contribution in [3.05, 3.63) is 28.6 Å². The van der Waals surface area contributed by atoms with Crippen LogP contribution in [0.2, 0.25) is 5.02 Å². The summed E-state index contributed by atoms with van der Waals surface area (Å²) in [6.45, 7) is 7.86. The van der Waals surface area contributed by atoms with Gasteiger partial charge in [0.05, 0.1) is 11.2 Å². The van der Waals surface area contributed by atoms with E-state index in [-0.39, 0.29) is 5.75 Å². The molecule has 30 heavy (non-hydrogen) atoms. The zero-order chi connectivity index (χ0) is 21.1. The van der Waals surface area contributed by atoms with Crippen LogP contribution in [0.3, 0.4) is 0 Å². The first-order chi connectivity index (χ1) is 14.5. The van der Waals surface area contributed by atoms with Crippen molar-refractivity contribution in [2.45, 2.75) is 39.2 Å². The number of benzene rings is 1. The Morgan fingerprint density at radius 2 is 2.00 bits per heavy atom. The van der Waals surface area contributed by atoms with E-state index >= 15 is 0 Å². The second-order valence-corrected chi connectivity index (χ2v) is 9.12. The third-order valence-electron chi connectivity index (χ3n) is 5.15. The molecule has 3 heterocycles. The fraction of sp³-hybridized carbons (Fsp3) is 0.455. The van der Waals surface area contributed by atoms with E-state index in [1.54, 1.807) is 18.2 Å². The molecule has 8 heteroatoms. The van der Waals surface area contributed by atoms with Crippen LogP contribution in [0, 0.1) is 0 Å². The van der Waals surface area contributed by atoms with Crippen molar-refractivity contribution in [1.82, 2.24) is 14.9 Å². The molecule has 0 spiro atoms. The lowest BCUT2D eigenvalue weighted by Gasteiger charge is -2.26. The van der Waals surface area contributed by atoms with Crippen molar-refractivity contribution in [2.75, 3.05) is 31.6 Å². The molecule has 1 aliphatic heterocycles. The molecule has 0 atom stereocenters. The van der Waals surface area contributed by atoms with E-state index < -0.39 is 0 Å². The third-order valence-corrected chi connectivity index (χ3v) is 6.29. The van der Waals surface area contributed by atoms with E-state index in [1.165, 1.54) is 30.6 Å². The number of nitrogens with one attached hydrogen (secondary N) is 1. The number of thiazole rings is 1. The molecule has 4 rings (SSSR count). The van der Waals surface area contributed by atoms with Crippen molar-refractivity contribution in [3.63, 3.8) is 0 Å². The van der Waals surface area contributed by atoms with Crippen molar-refractivity contribution in [3.8, 4) is 22.9 Å². The van der Waals surface area contributed by atoms with Crippen molar-refractivity contribution >= 4 is 39.0 Å². The number of halogens is 1. The second kappa shape index (κ2) is 9.37. The molecule has 1 aromatic carbocycles. The molecular weight excluding hydrogens is 420 g/mol. The van der Waals surface area contributed by atoms with Gasteiger partial charge < -0.3 is 15.2 Å². The topological polar surface area (TPSA) is 70.5 Å². The van der Waals surface area contributed by atoms with Crippen LogP contribution < -0.4 is 10.1 Å². The average molecular weight is 447 g/mol. The van der Waals surface area contributed by atoms with Gasteiger partial charge in [0.25, 0.3) is 0 Å². The van der Waals surface area contributed by atoms with Gasteiger partial charge in [0.1, 0.15) is 28.8 Å². The maximum atomic E-state index is 10.5. The Bertz CT molecular complexity index is 1020. The molecule has 1 saturated heterocycles. The number of aromatic hydroxyl groups is 1. The van der Waals surface area contributed by atoms with Crippen molar-refractivity contribution < 1.29 is 9.84 Å². The number of anilines is 1. The summed E-state index contributed by atoms with van der Waals surface area (Å²) in [5.41, 5.74) is 1.81. The molecular formula is C22H27ClN4O2S. The smallest absolute Gasteiger partial charge is 0.183 e. The summed E-state index contributed by atoms with van der Waals surface area (Å²) in [6, 6.07) is 5.52. The summed E-state index contributed by atoms with van der Waals surface area (Å²) in [7, 11) is 0. The Balaban J connectivity index is 1.56. The van der Waals surface area contributed by atoms with E-state index in [2.05, 4.69) is 29.0 Å². The zero-order valence-corrected chi connectivity index (χ0v) is 18.9. The van der Waals surface area contributed by atoms with Gasteiger partial charge in [-0.25, -0.2) is 9.97 Å². The van der Waals surface area contributed by atoms with E-state index in [0.29, 0.717) is 45.7 Å². The molecule has 0 radical (unpaired) electrons. The Hall–Kier alpha value is -2.09. The first-order valence-corrected chi connectivity index (χ1v) is 11.7. The molecule has 160 valence electrons. The van der Waals surface area contributed by atoms with E-state index in [1.807, 2.05) is 5.38 Å². The normalized spacial score (nSPS) is 15.1. The Labute approximate surface area is 185 Å². The monoisotopic (exact) mass is 446 g/mol. The summed E-state index contributed by atoms with van der Waals surface area (Å²) in [5.74, 6) is 0.716. The van der Waals surface area contributed by atoms with Crippen LogP contribution in [0.25, 0.3) is 22.3 Å². The summed E-state index contributed by atoms with van der Waals surface area (Å²) in [4.78, 5) is 11.7. The molecule has 0 saturated carbocycles. The number of fused-ring (bicyclic) bond motifs is 1. The number of hydrogen-bond donors (Lipinski definition) is 2. The highest BCUT2D eigenvalue weighted by molar-refractivity contribution is 7.14. The summed E-state index contributed by atoms with van der Waals surface area (Å²) in [6.07, 6.45) is 3.83. The highest BCUT2D eigenvalue weighted by Crippen LogP contribution is 2.38. The van der Waals surface area contributed by atoms with Gasteiger partial charge in [0.2, 0.25) is 0 Å². The predicted molar refractivity (Wildman–Crippen MR) is 124 cm³/mol.